The van der Waals surface area contributed by atoms with E-state index in [1.165, 1.54) is 27.6 Å². The lowest BCUT2D eigenvalue weighted by Gasteiger charge is -2.32. The molecule has 2 aliphatic carbocycles. The first-order chi connectivity index (χ1) is 18.8. The molecule has 0 saturated carbocycles. The first-order valence-corrected chi connectivity index (χ1v) is 15.3. The van der Waals surface area contributed by atoms with Crippen LogP contribution in [0.4, 0.5) is 0 Å². The van der Waals surface area contributed by atoms with Crippen LogP contribution in [0.3, 0.4) is 0 Å². The lowest BCUT2D eigenvalue weighted by molar-refractivity contribution is -0.127. The topological polar surface area (TPSA) is 117 Å². The van der Waals surface area contributed by atoms with Gasteiger partial charge in [0, 0.05) is 30.1 Å². The molecule has 1 aliphatic heterocycles. The average molecular weight is 548 g/mol. The Morgan fingerprint density at radius 1 is 0.949 bits per heavy atom. The summed E-state index contributed by atoms with van der Waals surface area (Å²) in [5.41, 5.74) is 4.68. The second-order valence-electron chi connectivity index (χ2n) is 10.9. The molecule has 1 amide bonds. The quantitative estimate of drug-likeness (QED) is 0.489. The van der Waals surface area contributed by atoms with Crippen LogP contribution in [0.1, 0.15) is 77.3 Å². The SMILES string of the molecule is O=C(O)c1c2c(nc3ccc(S(=O)(=O)N4CCC(C(=O)N[C@@H]5CCCc6ccccc65)CC4)cc13)CCCC2. The number of carbonyl (C=O) groups is 2. The number of aromatic nitrogens is 1. The third-order valence-electron chi connectivity index (χ3n) is 8.60. The Labute approximate surface area is 228 Å². The van der Waals surface area contributed by atoms with Crippen LogP contribution in [0.15, 0.2) is 47.4 Å². The number of carbonyl (C=O) groups excluding carboxylic acids is 1. The van der Waals surface area contributed by atoms with E-state index in [2.05, 4.69) is 22.4 Å². The van der Waals surface area contributed by atoms with Crippen LogP contribution in [0.2, 0.25) is 0 Å². The van der Waals surface area contributed by atoms with Gasteiger partial charge in [0.15, 0.2) is 0 Å². The normalized spacial score (nSPS) is 20.3. The third kappa shape index (κ3) is 4.82. The van der Waals surface area contributed by atoms with Gasteiger partial charge in [0.25, 0.3) is 0 Å². The molecule has 0 radical (unpaired) electrons. The van der Waals surface area contributed by atoms with Crippen molar-refractivity contribution >= 4 is 32.8 Å². The molecule has 0 unspecified atom stereocenters. The van der Waals surface area contributed by atoms with Gasteiger partial charge in [0.05, 0.1) is 22.0 Å². The Morgan fingerprint density at radius 2 is 1.72 bits per heavy atom. The molecule has 1 saturated heterocycles. The van der Waals surface area contributed by atoms with Crippen molar-refractivity contribution in [2.45, 2.75) is 68.7 Å². The van der Waals surface area contributed by atoms with Crippen molar-refractivity contribution in [2.24, 2.45) is 5.92 Å². The number of amides is 1. The summed E-state index contributed by atoms with van der Waals surface area (Å²) in [4.78, 5) is 30.1. The second-order valence-corrected chi connectivity index (χ2v) is 12.9. The minimum absolute atomic E-state index is 0.00426. The fourth-order valence-corrected chi connectivity index (χ4v) is 8.00. The maximum absolute atomic E-state index is 13.6. The Hall–Kier alpha value is -3.30. The molecular weight excluding hydrogens is 514 g/mol. The molecule has 2 heterocycles. The van der Waals surface area contributed by atoms with Gasteiger partial charge in [-0.2, -0.15) is 4.31 Å². The van der Waals surface area contributed by atoms with Crippen molar-refractivity contribution in [1.82, 2.24) is 14.6 Å². The highest BCUT2D eigenvalue weighted by atomic mass is 32.2. The first-order valence-electron chi connectivity index (χ1n) is 13.9. The number of piperidine rings is 1. The number of sulfonamides is 1. The largest absolute Gasteiger partial charge is 0.478 e. The van der Waals surface area contributed by atoms with Crippen molar-refractivity contribution in [2.75, 3.05) is 13.1 Å². The zero-order chi connectivity index (χ0) is 27.1. The summed E-state index contributed by atoms with van der Waals surface area (Å²) in [6.07, 6.45) is 7.11. The monoisotopic (exact) mass is 547 g/mol. The molecule has 6 rings (SSSR count). The van der Waals surface area contributed by atoms with Crippen molar-refractivity contribution in [3.63, 3.8) is 0 Å². The van der Waals surface area contributed by atoms with Crippen molar-refractivity contribution < 1.29 is 23.1 Å². The highest BCUT2D eigenvalue weighted by Gasteiger charge is 2.34. The van der Waals surface area contributed by atoms with E-state index in [0.29, 0.717) is 30.2 Å². The summed E-state index contributed by atoms with van der Waals surface area (Å²) in [5.74, 6) is -1.31. The van der Waals surface area contributed by atoms with Gasteiger partial charge in [0.1, 0.15) is 0 Å². The number of carboxylic acid groups (broad SMARTS) is 1. The number of nitrogens with one attached hydrogen (secondary N) is 1. The average Bonchev–Trinajstić information content (AvgIpc) is 2.95. The lowest BCUT2D eigenvalue weighted by Crippen LogP contribution is -2.44. The summed E-state index contributed by atoms with van der Waals surface area (Å²) in [7, 11) is -3.85. The van der Waals surface area contributed by atoms with Crippen LogP contribution in [-0.4, -0.2) is 47.8 Å². The zero-order valence-corrected chi connectivity index (χ0v) is 22.7. The predicted molar refractivity (Wildman–Crippen MR) is 147 cm³/mol. The predicted octanol–water partition coefficient (Wildman–Crippen LogP) is 4.41. The molecular formula is C30H33N3O5S. The maximum atomic E-state index is 13.6. The van der Waals surface area contributed by atoms with E-state index in [1.807, 2.05) is 12.1 Å². The summed E-state index contributed by atoms with van der Waals surface area (Å²) >= 11 is 0. The molecule has 2 N–H and O–H groups in total. The van der Waals surface area contributed by atoms with E-state index < -0.39 is 16.0 Å². The van der Waals surface area contributed by atoms with Crippen molar-refractivity contribution in [1.29, 1.82) is 0 Å². The Kier molecular flexibility index (Phi) is 6.89. The van der Waals surface area contributed by atoms with Gasteiger partial charge in [-0.1, -0.05) is 24.3 Å². The number of rotatable bonds is 5. The molecule has 8 nitrogen and oxygen atoms in total. The van der Waals surface area contributed by atoms with E-state index in [0.717, 1.165) is 49.8 Å². The van der Waals surface area contributed by atoms with Gasteiger partial charge in [-0.05, 0) is 92.7 Å². The molecule has 1 atom stereocenters. The highest BCUT2D eigenvalue weighted by Crippen LogP contribution is 2.33. The first kappa shape index (κ1) is 26.0. The molecule has 204 valence electrons. The Bertz CT molecular complexity index is 1560. The molecule has 2 aromatic carbocycles. The van der Waals surface area contributed by atoms with Gasteiger partial charge in [-0.3, -0.25) is 9.78 Å². The molecule has 1 aromatic heterocycles. The maximum Gasteiger partial charge on any atom is 0.336 e. The molecule has 9 heteroatoms. The van der Waals surface area contributed by atoms with Gasteiger partial charge in [-0.25, -0.2) is 13.2 Å². The number of aromatic carboxylic acids is 1. The van der Waals surface area contributed by atoms with Gasteiger partial charge in [0.2, 0.25) is 15.9 Å². The number of pyridine rings is 1. The van der Waals surface area contributed by atoms with Gasteiger partial charge >= 0.3 is 5.97 Å². The van der Waals surface area contributed by atoms with Crippen molar-refractivity contribution in [3.05, 3.63) is 70.4 Å². The number of fused-ring (bicyclic) bond motifs is 3. The fourth-order valence-electron chi connectivity index (χ4n) is 6.51. The van der Waals surface area contributed by atoms with E-state index in [4.69, 9.17) is 0 Å². The number of nitrogens with zero attached hydrogens (tertiary/aromatic N) is 2. The molecule has 0 spiro atoms. The Morgan fingerprint density at radius 3 is 2.51 bits per heavy atom. The minimum atomic E-state index is -3.85. The lowest BCUT2D eigenvalue weighted by atomic mass is 9.87. The van der Waals surface area contributed by atoms with Crippen LogP contribution in [-0.2, 0) is 34.1 Å². The van der Waals surface area contributed by atoms with Gasteiger partial charge < -0.3 is 10.4 Å². The van der Waals surface area contributed by atoms with E-state index >= 15 is 0 Å². The summed E-state index contributed by atoms with van der Waals surface area (Å²) < 4.78 is 28.6. The van der Waals surface area contributed by atoms with Crippen LogP contribution in [0.5, 0.6) is 0 Å². The summed E-state index contributed by atoms with van der Waals surface area (Å²) in [6.45, 7) is 0.488. The number of carboxylic acids is 1. The van der Waals surface area contributed by atoms with Crippen molar-refractivity contribution in [3.8, 4) is 0 Å². The Balaban J connectivity index is 1.18. The number of aryl methyl sites for hydroxylation is 2. The number of hydrogen-bond acceptors (Lipinski definition) is 5. The molecule has 3 aliphatic rings. The highest BCUT2D eigenvalue weighted by molar-refractivity contribution is 7.89. The van der Waals surface area contributed by atoms with E-state index in [-0.39, 0.29) is 41.4 Å². The fraction of sp³-hybridized carbons (Fsp3) is 0.433. The van der Waals surface area contributed by atoms with Crippen LogP contribution in [0, 0.1) is 5.92 Å². The minimum Gasteiger partial charge on any atom is -0.478 e. The smallest absolute Gasteiger partial charge is 0.336 e. The standard InChI is InChI=1S/C30H33N3O5S/c34-29(32-25-11-5-7-19-6-1-2-8-22(19)25)20-14-16-33(17-15-20)39(37,38)21-12-13-27-24(18-21)28(30(35)36)23-9-3-4-10-26(23)31-27/h1-2,6,8,12-13,18,20,25H,3-5,7,9-11,14-17H2,(H,32,34)(H,35,36)/t25-/m1/s1. The molecule has 3 aromatic rings. The third-order valence-corrected chi connectivity index (χ3v) is 10.5. The summed E-state index contributed by atoms with van der Waals surface area (Å²) in [6, 6.07) is 12.8. The van der Waals surface area contributed by atoms with E-state index in [9.17, 15) is 23.1 Å². The van der Waals surface area contributed by atoms with E-state index in [1.54, 1.807) is 6.07 Å². The molecule has 39 heavy (non-hydrogen) atoms. The number of hydrogen-bond donors (Lipinski definition) is 2. The van der Waals surface area contributed by atoms with Crippen LogP contribution in [0.25, 0.3) is 10.9 Å². The van der Waals surface area contributed by atoms with Gasteiger partial charge in [-0.15, -0.1) is 0 Å². The second kappa shape index (κ2) is 10.4. The zero-order valence-electron chi connectivity index (χ0n) is 21.9. The number of benzene rings is 2. The molecule has 1 fully saturated rings. The van der Waals surface area contributed by atoms with Crippen LogP contribution >= 0.6 is 0 Å². The van der Waals surface area contributed by atoms with Crippen LogP contribution < -0.4 is 5.32 Å². The summed E-state index contributed by atoms with van der Waals surface area (Å²) in [5, 5.41) is 13.6. The molecule has 0 bridgehead atoms.